The van der Waals surface area contributed by atoms with Crippen LogP contribution in [0.3, 0.4) is 0 Å². The molecule has 0 spiro atoms. The second kappa shape index (κ2) is 5.93. The first-order valence-electron chi connectivity index (χ1n) is 6.89. The van der Waals surface area contributed by atoms with E-state index in [4.69, 9.17) is 0 Å². The van der Waals surface area contributed by atoms with E-state index >= 15 is 0 Å². The summed E-state index contributed by atoms with van der Waals surface area (Å²) in [5.74, 6) is 1.60. The largest absolute Gasteiger partial charge is 0.338 e. The number of rotatable bonds is 2. The van der Waals surface area contributed by atoms with Crippen molar-refractivity contribution in [3.63, 3.8) is 0 Å². The number of nitrogens with one attached hydrogen (secondary N) is 2. The molecule has 0 saturated carbocycles. The van der Waals surface area contributed by atoms with E-state index in [-0.39, 0.29) is 0 Å². The lowest BCUT2D eigenvalue weighted by Gasteiger charge is -2.16. The third kappa shape index (κ3) is 2.71. The molecule has 1 saturated heterocycles. The highest BCUT2D eigenvalue weighted by Crippen LogP contribution is 2.29. The molecule has 0 aliphatic carbocycles. The van der Waals surface area contributed by atoms with Crippen molar-refractivity contribution in [2.24, 2.45) is 0 Å². The van der Waals surface area contributed by atoms with Crippen LogP contribution in [0.4, 0.5) is 5.95 Å². The van der Waals surface area contributed by atoms with E-state index in [2.05, 4.69) is 54.3 Å². The molecule has 106 valence electrons. The number of hydrogen-bond acceptors (Lipinski definition) is 4. The summed E-state index contributed by atoms with van der Waals surface area (Å²) < 4.78 is 1.07. The fourth-order valence-corrected chi connectivity index (χ4v) is 2.84. The predicted molar refractivity (Wildman–Crippen MR) is 84.0 cm³/mol. The van der Waals surface area contributed by atoms with Crippen molar-refractivity contribution >= 4 is 21.9 Å². The fraction of sp³-hybridized carbons (Fsp3) is 0.429. The first-order chi connectivity index (χ1) is 9.75. The predicted octanol–water partition coefficient (Wildman–Crippen LogP) is 2.34. The van der Waals surface area contributed by atoms with Gasteiger partial charge in [0.2, 0.25) is 5.95 Å². The molecule has 5 nitrogen and oxygen atoms in total. The van der Waals surface area contributed by atoms with Crippen LogP contribution in [-0.2, 0) is 0 Å². The zero-order valence-corrected chi connectivity index (χ0v) is 13.1. The molecule has 2 N–H and O–H groups in total. The third-order valence-electron chi connectivity index (χ3n) is 3.54. The molecule has 0 radical (unpaired) electrons. The van der Waals surface area contributed by atoms with Crippen LogP contribution in [0.2, 0.25) is 0 Å². The second-order valence-corrected chi connectivity index (χ2v) is 5.80. The first-order valence-corrected chi connectivity index (χ1v) is 7.68. The summed E-state index contributed by atoms with van der Waals surface area (Å²) in [6.07, 6.45) is 1.12. The van der Waals surface area contributed by atoms with Gasteiger partial charge in [-0.2, -0.15) is 4.98 Å². The van der Waals surface area contributed by atoms with E-state index in [0.717, 1.165) is 54.4 Å². The number of halogens is 1. The Morgan fingerprint density at radius 3 is 3.05 bits per heavy atom. The van der Waals surface area contributed by atoms with Crippen molar-refractivity contribution in [2.45, 2.75) is 13.3 Å². The standard InChI is InChI=1S/C14H18BrN5/c1-10-4-2-5-11(12(10)15)13-17-14(19-18-13)20-8-3-6-16-7-9-20/h2,4-5,16H,3,6-9H2,1H3,(H,17,18,19). The van der Waals surface area contributed by atoms with E-state index in [0.29, 0.717) is 0 Å². The average Bonchev–Trinajstić information content (AvgIpc) is 2.77. The monoisotopic (exact) mass is 335 g/mol. The Morgan fingerprint density at radius 1 is 1.25 bits per heavy atom. The van der Waals surface area contributed by atoms with Gasteiger partial charge in [-0.3, -0.25) is 5.10 Å². The number of aryl methyl sites for hydroxylation is 1. The van der Waals surface area contributed by atoms with Crippen molar-refractivity contribution < 1.29 is 0 Å². The maximum absolute atomic E-state index is 4.65. The van der Waals surface area contributed by atoms with Gasteiger partial charge in [-0.15, -0.1) is 5.10 Å². The minimum atomic E-state index is 0.789. The SMILES string of the molecule is Cc1cccc(-c2nc(N3CCCNCC3)n[nH]2)c1Br. The number of aromatic nitrogens is 3. The molecule has 20 heavy (non-hydrogen) atoms. The molecule has 1 fully saturated rings. The van der Waals surface area contributed by atoms with Gasteiger partial charge in [0.05, 0.1) is 0 Å². The quantitative estimate of drug-likeness (QED) is 0.884. The normalized spacial score (nSPS) is 16.2. The van der Waals surface area contributed by atoms with Crippen LogP contribution >= 0.6 is 15.9 Å². The topological polar surface area (TPSA) is 56.8 Å². The van der Waals surface area contributed by atoms with E-state index in [1.165, 1.54) is 5.56 Å². The Kier molecular flexibility index (Phi) is 4.03. The number of nitrogens with zero attached hydrogens (tertiary/aromatic N) is 3. The molecule has 0 bridgehead atoms. The van der Waals surface area contributed by atoms with Crippen molar-refractivity contribution in [3.05, 3.63) is 28.2 Å². The average molecular weight is 336 g/mol. The molecule has 3 rings (SSSR count). The van der Waals surface area contributed by atoms with Crippen molar-refractivity contribution in [3.8, 4) is 11.4 Å². The van der Waals surface area contributed by atoms with Crippen molar-refractivity contribution in [2.75, 3.05) is 31.1 Å². The summed E-state index contributed by atoms with van der Waals surface area (Å²) >= 11 is 3.62. The van der Waals surface area contributed by atoms with Crippen LogP contribution in [0.1, 0.15) is 12.0 Å². The van der Waals surface area contributed by atoms with E-state index < -0.39 is 0 Å². The Morgan fingerprint density at radius 2 is 2.15 bits per heavy atom. The van der Waals surface area contributed by atoms with Gasteiger partial charge in [-0.25, -0.2) is 0 Å². The van der Waals surface area contributed by atoms with Gasteiger partial charge in [-0.1, -0.05) is 18.2 Å². The molecule has 6 heteroatoms. The maximum Gasteiger partial charge on any atom is 0.245 e. The molecule has 1 aromatic heterocycles. The molecule has 1 aliphatic rings. The minimum Gasteiger partial charge on any atom is -0.338 e. The van der Waals surface area contributed by atoms with Gasteiger partial charge in [0, 0.05) is 29.7 Å². The van der Waals surface area contributed by atoms with Crippen LogP contribution < -0.4 is 10.2 Å². The molecule has 2 aromatic rings. The van der Waals surface area contributed by atoms with Gasteiger partial charge in [0.15, 0.2) is 5.82 Å². The highest BCUT2D eigenvalue weighted by atomic mass is 79.9. The zero-order chi connectivity index (χ0) is 13.9. The summed E-state index contributed by atoms with van der Waals surface area (Å²) in [4.78, 5) is 6.88. The Balaban J connectivity index is 1.87. The van der Waals surface area contributed by atoms with Crippen molar-refractivity contribution in [1.29, 1.82) is 0 Å². The molecule has 1 aromatic carbocycles. The van der Waals surface area contributed by atoms with Gasteiger partial charge in [0.1, 0.15) is 0 Å². The second-order valence-electron chi connectivity index (χ2n) is 5.01. The lowest BCUT2D eigenvalue weighted by atomic mass is 10.1. The van der Waals surface area contributed by atoms with E-state index in [1.54, 1.807) is 0 Å². The smallest absolute Gasteiger partial charge is 0.245 e. The number of hydrogen-bond donors (Lipinski definition) is 2. The van der Waals surface area contributed by atoms with E-state index in [1.807, 2.05) is 12.1 Å². The third-order valence-corrected chi connectivity index (χ3v) is 4.60. The van der Waals surface area contributed by atoms with Crippen LogP contribution in [-0.4, -0.2) is 41.4 Å². The lowest BCUT2D eigenvalue weighted by molar-refractivity contribution is 0.724. The molecular weight excluding hydrogens is 318 g/mol. The number of aromatic amines is 1. The number of benzene rings is 1. The maximum atomic E-state index is 4.65. The van der Waals surface area contributed by atoms with Crippen LogP contribution in [0, 0.1) is 6.92 Å². The summed E-state index contributed by atoms with van der Waals surface area (Å²) in [5.41, 5.74) is 2.25. The Hall–Kier alpha value is -1.40. The number of anilines is 1. The van der Waals surface area contributed by atoms with Gasteiger partial charge < -0.3 is 10.2 Å². The van der Waals surface area contributed by atoms with Gasteiger partial charge >= 0.3 is 0 Å². The molecule has 1 aliphatic heterocycles. The fourth-order valence-electron chi connectivity index (χ4n) is 2.39. The summed E-state index contributed by atoms with van der Waals surface area (Å²) in [5, 5.41) is 10.8. The Bertz CT molecular complexity index is 587. The molecular formula is C14H18BrN5. The molecule has 0 unspecified atom stereocenters. The summed E-state index contributed by atoms with van der Waals surface area (Å²) in [6.45, 7) is 6.08. The molecule has 0 amide bonds. The van der Waals surface area contributed by atoms with Crippen LogP contribution in [0.15, 0.2) is 22.7 Å². The highest BCUT2D eigenvalue weighted by molar-refractivity contribution is 9.10. The molecule has 0 atom stereocenters. The summed E-state index contributed by atoms with van der Waals surface area (Å²) in [6, 6.07) is 6.16. The zero-order valence-electron chi connectivity index (χ0n) is 11.5. The van der Waals surface area contributed by atoms with Crippen LogP contribution in [0.25, 0.3) is 11.4 Å². The first kappa shape index (κ1) is 13.6. The van der Waals surface area contributed by atoms with Gasteiger partial charge in [0.25, 0.3) is 0 Å². The van der Waals surface area contributed by atoms with E-state index in [9.17, 15) is 0 Å². The summed E-state index contributed by atoms with van der Waals surface area (Å²) in [7, 11) is 0. The lowest BCUT2D eigenvalue weighted by Crippen LogP contribution is -2.28. The van der Waals surface area contributed by atoms with Crippen LogP contribution in [0.5, 0.6) is 0 Å². The van der Waals surface area contributed by atoms with Gasteiger partial charge in [-0.05, 0) is 41.4 Å². The van der Waals surface area contributed by atoms with Crippen molar-refractivity contribution in [1.82, 2.24) is 20.5 Å². The highest BCUT2D eigenvalue weighted by Gasteiger charge is 2.16. The number of H-pyrrole nitrogens is 1. The Labute approximate surface area is 126 Å². The minimum absolute atomic E-state index is 0.789. The molecule has 2 heterocycles.